The minimum Gasteiger partial charge on any atom is -0.342 e. The van der Waals surface area contributed by atoms with Crippen molar-refractivity contribution in [1.29, 1.82) is 0 Å². The monoisotopic (exact) mass is 423 g/mol. The number of amides is 1. The predicted octanol–water partition coefficient (Wildman–Crippen LogP) is 3.41. The van der Waals surface area contributed by atoms with Crippen LogP contribution < -0.4 is 5.32 Å². The van der Waals surface area contributed by atoms with Gasteiger partial charge in [-0.2, -0.15) is 9.49 Å². The van der Waals surface area contributed by atoms with Gasteiger partial charge in [0.05, 0.1) is 40.3 Å². The fourth-order valence-electron chi connectivity index (χ4n) is 2.94. The zero-order chi connectivity index (χ0) is 19.8. The topological polar surface area (TPSA) is 63.1 Å². The summed E-state index contributed by atoms with van der Waals surface area (Å²) in [5, 5.41) is 7.11. The Bertz CT molecular complexity index is 1000. The van der Waals surface area contributed by atoms with E-state index in [0.717, 1.165) is 0 Å². The van der Waals surface area contributed by atoms with Crippen molar-refractivity contribution in [3.63, 3.8) is 0 Å². The molecule has 0 aliphatic carbocycles. The number of nitrogens with zero attached hydrogens (tertiary/aromatic N) is 4. The molecule has 1 aromatic carbocycles. The Hall–Kier alpha value is -2.55. The van der Waals surface area contributed by atoms with Gasteiger partial charge in [0, 0.05) is 18.3 Å². The molecule has 6 nitrogen and oxygen atoms in total. The van der Waals surface area contributed by atoms with Crippen LogP contribution >= 0.6 is 23.2 Å². The summed E-state index contributed by atoms with van der Waals surface area (Å²) in [6, 6.07) is 7.43. The van der Waals surface area contributed by atoms with E-state index in [-0.39, 0.29) is 22.5 Å². The molecule has 4 rings (SSSR count). The third-order valence-corrected chi connectivity index (χ3v) is 4.81. The Labute approximate surface area is 168 Å². The van der Waals surface area contributed by atoms with Crippen LogP contribution in [0.15, 0.2) is 36.5 Å². The van der Waals surface area contributed by atoms with Crippen molar-refractivity contribution in [1.82, 2.24) is 25.0 Å². The fourth-order valence-corrected chi connectivity index (χ4v) is 3.28. The third kappa shape index (κ3) is 3.71. The number of rotatable bonds is 4. The third-order valence-electron chi connectivity index (χ3n) is 4.25. The second kappa shape index (κ2) is 7.46. The summed E-state index contributed by atoms with van der Waals surface area (Å²) >= 11 is 11.8. The van der Waals surface area contributed by atoms with E-state index in [2.05, 4.69) is 15.4 Å². The van der Waals surface area contributed by atoms with E-state index in [1.807, 2.05) is 4.90 Å². The maximum absolute atomic E-state index is 13.6. The van der Waals surface area contributed by atoms with E-state index < -0.39 is 11.8 Å². The summed E-state index contributed by atoms with van der Waals surface area (Å²) in [7, 11) is 0. The number of nitrogens with one attached hydrogen (secondary N) is 1. The zero-order valence-corrected chi connectivity index (χ0v) is 15.8. The molecular weight excluding hydrogens is 411 g/mol. The van der Waals surface area contributed by atoms with Crippen LogP contribution in [0.1, 0.15) is 5.69 Å². The maximum Gasteiger partial charge on any atom is 0.235 e. The molecule has 144 valence electrons. The van der Waals surface area contributed by atoms with E-state index >= 15 is 0 Å². The lowest BCUT2D eigenvalue weighted by Gasteiger charge is -2.10. The quantitative estimate of drug-likeness (QED) is 0.653. The van der Waals surface area contributed by atoms with Crippen molar-refractivity contribution < 1.29 is 13.6 Å². The highest BCUT2D eigenvalue weighted by molar-refractivity contribution is 6.31. The van der Waals surface area contributed by atoms with Crippen molar-refractivity contribution in [2.45, 2.75) is 6.54 Å². The van der Waals surface area contributed by atoms with Gasteiger partial charge in [-0.3, -0.25) is 9.69 Å². The lowest BCUT2D eigenvalue weighted by molar-refractivity contribution is -0.118. The molecule has 3 aromatic rings. The molecule has 2 aromatic heterocycles. The first-order chi connectivity index (χ1) is 13.4. The molecular formula is C18H13Cl2F2N5O. The molecule has 0 saturated carbocycles. The van der Waals surface area contributed by atoms with Crippen LogP contribution in [0, 0.1) is 11.8 Å². The van der Waals surface area contributed by atoms with E-state index in [1.165, 1.54) is 30.5 Å². The Morgan fingerprint density at radius 2 is 1.96 bits per heavy atom. The van der Waals surface area contributed by atoms with E-state index in [4.69, 9.17) is 23.2 Å². The van der Waals surface area contributed by atoms with Gasteiger partial charge < -0.3 is 5.32 Å². The standard InChI is InChI=1S/C18H13Cl2F2N5O/c19-13-5-12(1-2-15(13)21)27-16(10-3-14(20)18(22)23-6-10)4-11(25-27)7-26-8-17(28)24-9-26/h1-6H,7-9H2,(H,24,28). The second-order valence-corrected chi connectivity index (χ2v) is 7.09. The van der Waals surface area contributed by atoms with E-state index in [9.17, 15) is 13.6 Å². The van der Waals surface area contributed by atoms with Gasteiger partial charge in [-0.25, -0.2) is 14.1 Å². The average molecular weight is 424 g/mol. The minimum atomic E-state index is -0.775. The molecule has 0 spiro atoms. The zero-order valence-electron chi connectivity index (χ0n) is 14.3. The highest BCUT2D eigenvalue weighted by atomic mass is 35.5. The van der Waals surface area contributed by atoms with Gasteiger partial charge in [0.1, 0.15) is 5.82 Å². The highest BCUT2D eigenvalue weighted by Gasteiger charge is 2.21. The number of hydrogen-bond donors (Lipinski definition) is 1. The molecule has 28 heavy (non-hydrogen) atoms. The van der Waals surface area contributed by atoms with Crippen molar-refractivity contribution >= 4 is 29.1 Å². The smallest absolute Gasteiger partial charge is 0.235 e. The molecule has 1 amide bonds. The summed E-state index contributed by atoms with van der Waals surface area (Å²) in [5.74, 6) is -1.38. The van der Waals surface area contributed by atoms with Gasteiger partial charge in [0.2, 0.25) is 11.9 Å². The lowest BCUT2D eigenvalue weighted by Crippen LogP contribution is -2.21. The molecule has 1 N–H and O–H groups in total. The van der Waals surface area contributed by atoms with Crippen molar-refractivity contribution in [3.05, 3.63) is 64.0 Å². The normalized spacial score (nSPS) is 14.5. The van der Waals surface area contributed by atoms with Crippen LogP contribution in [0.4, 0.5) is 8.78 Å². The van der Waals surface area contributed by atoms with Crippen molar-refractivity contribution in [2.75, 3.05) is 13.2 Å². The molecule has 3 heterocycles. The molecule has 10 heteroatoms. The summed E-state index contributed by atoms with van der Waals surface area (Å²) in [5.41, 5.74) is 2.28. The first kappa shape index (κ1) is 18.8. The Morgan fingerprint density at radius 1 is 1.14 bits per heavy atom. The molecule has 0 radical (unpaired) electrons. The minimum absolute atomic E-state index is 0.0508. The highest BCUT2D eigenvalue weighted by Crippen LogP contribution is 2.28. The van der Waals surface area contributed by atoms with Crippen LogP contribution in [0.5, 0.6) is 0 Å². The van der Waals surface area contributed by atoms with Gasteiger partial charge >= 0.3 is 0 Å². The van der Waals surface area contributed by atoms with Crippen LogP contribution in [0.3, 0.4) is 0 Å². The summed E-state index contributed by atoms with van der Waals surface area (Å²) in [6.07, 6.45) is 1.34. The predicted molar refractivity (Wildman–Crippen MR) is 100 cm³/mol. The first-order valence-corrected chi connectivity index (χ1v) is 9.01. The van der Waals surface area contributed by atoms with E-state index in [1.54, 1.807) is 10.7 Å². The average Bonchev–Trinajstić information content (AvgIpc) is 3.26. The number of carbonyl (C=O) groups is 1. The number of pyridine rings is 1. The fraction of sp³-hybridized carbons (Fsp3) is 0.167. The molecule has 1 saturated heterocycles. The van der Waals surface area contributed by atoms with Crippen LogP contribution in [0.25, 0.3) is 16.9 Å². The van der Waals surface area contributed by atoms with Crippen LogP contribution in [0.2, 0.25) is 10.0 Å². The summed E-state index contributed by atoms with van der Waals surface area (Å²) in [4.78, 5) is 16.9. The molecule has 1 aliphatic rings. The molecule has 0 unspecified atom stereocenters. The first-order valence-electron chi connectivity index (χ1n) is 8.25. The van der Waals surface area contributed by atoms with Gasteiger partial charge in [-0.15, -0.1) is 0 Å². The van der Waals surface area contributed by atoms with Gasteiger partial charge in [0.15, 0.2) is 0 Å². The number of aromatic nitrogens is 3. The van der Waals surface area contributed by atoms with Crippen LogP contribution in [-0.2, 0) is 11.3 Å². The van der Waals surface area contributed by atoms with Crippen molar-refractivity contribution in [2.24, 2.45) is 0 Å². The van der Waals surface area contributed by atoms with Gasteiger partial charge in [-0.1, -0.05) is 23.2 Å². The molecule has 1 fully saturated rings. The molecule has 0 bridgehead atoms. The number of halogens is 4. The van der Waals surface area contributed by atoms with E-state index in [0.29, 0.717) is 35.9 Å². The van der Waals surface area contributed by atoms with Gasteiger partial charge in [-0.05, 0) is 30.3 Å². The van der Waals surface area contributed by atoms with Crippen molar-refractivity contribution in [3.8, 4) is 16.9 Å². The summed E-state index contributed by atoms with van der Waals surface area (Å²) < 4.78 is 28.6. The maximum atomic E-state index is 13.6. The number of carbonyl (C=O) groups excluding carboxylic acids is 1. The Kier molecular flexibility index (Phi) is 5.01. The Morgan fingerprint density at radius 3 is 2.64 bits per heavy atom. The SMILES string of the molecule is O=C1CN(Cc2cc(-c3cnc(F)c(Cl)c3)n(-c3ccc(F)c(Cl)c3)n2)CN1. The van der Waals surface area contributed by atoms with Gasteiger partial charge in [0.25, 0.3) is 0 Å². The Balaban J connectivity index is 1.78. The number of hydrogen-bond acceptors (Lipinski definition) is 4. The second-order valence-electron chi connectivity index (χ2n) is 6.27. The van der Waals surface area contributed by atoms with Crippen LogP contribution in [-0.4, -0.2) is 38.8 Å². The summed E-state index contributed by atoms with van der Waals surface area (Å²) in [6.45, 7) is 1.11. The molecule has 1 aliphatic heterocycles. The molecule has 0 atom stereocenters. The number of benzene rings is 1. The lowest BCUT2D eigenvalue weighted by atomic mass is 10.2. The largest absolute Gasteiger partial charge is 0.342 e.